The molecule has 6 rings (SSSR count). The van der Waals surface area contributed by atoms with Gasteiger partial charge in [-0.3, -0.25) is 29.0 Å². The first-order chi connectivity index (χ1) is 12.5. The van der Waals surface area contributed by atoms with Crippen LogP contribution in [-0.4, -0.2) is 69.9 Å². The lowest BCUT2D eigenvalue weighted by atomic mass is 9.40. The van der Waals surface area contributed by atoms with Crippen LogP contribution in [0.3, 0.4) is 0 Å². The van der Waals surface area contributed by atoms with E-state index in [4.69, 9.17) is 10.2 Å². The first-order valence-corrected chi connectivity index (χ1v) is 9.13. The van der Waals surface area contributed by atoms with E-state index in [1.165, 1.54) is 0 Å². The number of hydrogen-bond acceptors (Lipinski definition) is 6. The van der Waals surface area contributed by atoms with Gasteiger partial charge in [-0.25, -0.2) is 0 Å². The number of carbonyl (C=O) groups is 4. The summed E-state index contributed by atoms with van der Waals surface area (Å²) in [6.07, 6.45) is 3.90. The highest BCUT2D eigenvalue weighted by molar-refractivity contribution is 6.09. The molecule has 4 fully saturated rings. The van der Waals surface area contributed by atoms with Crippen LogP contribution in [0.25, 0.3) is 0 Å². The number of carbonyl (C=O) groups excluding carboxylic acids is 4. The molecule has 26 heavy (non-hydrogen) atoms. The van der Waals surface area contributed by atoms with Crippen LogP contribution < -0.4 is 0 Å². The van der Waals surface area contributed by atoms with Gasteiger partial charge in [-0.1, -0.05) is 12.2 Å². The van der Waals surface area contributed by atoms with Gasteiger partial charge in [0.25, 0.3) is 0 Å². The number of fused-ring (bicyclic) bond motifs is 1. The average molecular weight is 360 g/mol. The van der Waals surface area contributed by atoms with E-state index >= 15 is 0 Å². The summed E-state index contributed by atoms with van der Waals surface area (Å²) < 4.78 is 0. The Morgan fingerprint density at radius 1 is 0.654 bits per heavy atom. The van der Waals surface area contributed by atoms with E-state index in [0.717, 1.165) is 9.80 Å². The van der Waals surface area contributed by atoms with Crippen molar-refractivity contribution in [3.05, 3.63) is 12.2 Å². The van der Waals surface area contributed by atoms with Gasteiger partial charge in [0.2, 0.25) is 23.6 Å². The molecule has 2 saturated carbocycles. The molecule has 2 aliphatic heterocycles. The van der Waals surface area contributed by atoms with Crippen molar-refractivity contribution in [1.82, 2.24) is 9.80 Å². The van der Waals surface area contributed by atoms with Crippen LogP contribution in [0.5, 0.6) is 0 Å². The number of allylic oxidation sites excluding steroid dienone is 2. The molecule has 4 aliphatic carbocycles. The molecule has 138 valence electrons. The average Bonchev–Trinajstić information content (AvgIpc) is 2.97. The Labute approximate surface area is 149 Å². The van der Waals surface area contributed by atoms with Crippen molar-refractivity contribution in [2.45, 2.75) is 0 Å². The van der Waals surface area contributed by atoms with Crippen molar-refractivity contribution in [3.8, 4) is 0 Å². The number of amides is 4. The zero-order valence-corrected chi connectivity index (χ0v) is 14.0. The van der Waals surface area contributed by atoms with Gasteiger partial charge in [-0.15, -0.1) is 0 Å². The number of aliphatic hydroxyl groups excluding tert-OH is 2. The van der Waals surface area contributed by atoms with Crippen LogP contribution >= 0.6 is 0 Å². The van der Waals surface area contributed by atoms with Gasteiger partial charge < -0.3 is 10.2 Å². The molecule has 0 spiro atoms. The summed E-state index contributed by atoms with van der Waals surface area (Å²) in [5.41, 5.74) is 0. The Hall–Kier alpha value is -2.06. The minimum Gasteiger partial charge on any atom is -0.395 e. The van der Waals surface area contributed by atoms with Crippen LogP contribution in [0.2, 0.25) is 0 Å². The van der Waals surface area contributed by atoms with Crippen LogP contribution in [-0.2, 0) is 19.2 Å². The van der Waals surface area contributed by atoms with E-state index in [9.17, 15) is 19.2 Å². The lowest BCUT2D eigenvalue weighted by molar-refractivity contribution is -0.166. The predicted octanol–water partition coefficient (Wildman–Crippen LogP) is -1.76. The predicted molar refractivity (Wildman–Crippen MR) is 84.7 cm³/mol. The second-order valence-electron chi connectivity index (χ2n) is 7.90. The summed E-state index contributed by atoms with van der Waals surface area (Å²) in [7, 11) is 0. The fourth-order valence-electron chi connectivity index (χ4n) is 6.37. The monoisotopic (exact) mass is 360 g/mol. The first kappa shape index (κ1) is 16.1. The third-order valence-electron chi connectivity index (χ3n) is 7.17. The number of aliphatic hydroxyl groups is 2. The van der Waals surface area contributed by atoms with E-state index in [-0.39, 0.29) is 73.6 Å². The van der Waals surface area contributed by atoms with Crippen molar-refractivity contribution in [2.24, 2.45) is 47.3 Å². The molecular weight excluding hydrogens is 340 g/mol. The second kappa shape index (κ2) is 5.23. The number of hydrogen-bond donors (Lipinski definition) is 2. The Kier molecular flexibility index (Phi) is 3.25. The van der Waals surface area contributed by atoms with Crippen LogP contribution in [0.1, 0.15) is 0 Å². The van der Waals surface area contributed by atoms with Gasteiger partial charge >= 0.3 is 0 Å². The molecule has 2 N–H and O–H groups in total. The number of nitrogens with zero attached hydrogens (tertiary/aromatic N) is 2. The zero-order chi connectivity index (χ0) is 18.3. The maximum atomic E-state index is 12.8. The third-order valence-corrected chi connectivity index (χ3v) is 7.17. The van der Waals surface area contributed by atoms with E-state index in [1.807, 2.05) is 12.2 Å². The van der Waals surface area contributed by atoms with Gasteiger partial charge in [-0.2, -0.15) is 0 Å². The number of rotatable bonds is 4. The maximum absolute atomic E-state index is 12.8. The Balaban J connectivity index is 1.51. The summed E-state index contributed by atoms with van der Waals surface area (Å²) in [5.74, 6) is -3.51. The van der Waals surface area contributed by atoms with E-state index in [0.29, 0.717) is 0 Å². The smallest absolute Gasteiger partial charge is 0.233 e. The topological polar surface area (TPSA) is 115 Å². The quantitative estimate of drug-likeness (QED) is 0.453. The fraction of sp³-hybridized carbons (Fsp3) is 0.667. The Morgan fingerprint density at radius 3 is 1.35 bits per heavy atom. The maximum Gasteiger partial charge on any atom is 0.233 e. The molecular formula is C18H20N2O6. The van der Waals surface area contributed by atoms with Gasteiger partial charge in [0.05, 0.1) is 50.0 Å². The molecule has 0 aromatic carbocycles. The van der Waals surface area contributed by atoms with E-state index in [1.54, 1.807) is 0 Å². The second-order valence-corrected chi connectivity index (χ2v) is 7.90. The molecule has 2 bridgehead atoms. The van der Waals surface area contributed by atoms with Crippen molar-refractivity contribution >= 4 is 23.6 Å². The Bertz CT molecular complexity index is 707. The normalized spacial score (nSPS) is 45.2. The van der Waals surface area contributed by atoms with Gasteiger partial charge in [-0.05, 0) is 23.7 Å². The van der Waals surface area contributed by atoms with Crippen molar-refractivity contribution < 1.29 is 29.4 Å². The standard InChI is InChI=1S/C18H20N2O6/c21-5-3-19-15(23)11-7-1-2-8(12(11)16(19)24)10-9(7)13-14(10)18(26)20(4-6-22)17(13)25/h1-2,7-14,21-22H,3-6H2/t7-,8+,9-,10+,11-,12-,13-,14-/m1/s1. The number of imide groups is 2. The molecule has 0 unspecified atom stereocenters. The van der Waals surface area contributed by atoms with Gasteiger partial charge in [0.1, 0.15) is 0 Å². The minimum absolute atomic E-state index is 0.00185. The molecule has 8 heteroatoms. The molecule has 8 nitrogen and oxygen atoms in total. The highest BCUT2D eigenvalue weighted by Crippen LogP contribution is 2.68. The fourth-order valence-corrected chi connectivity index (χ4v) is 6.37. The van der Waals surface area contributed by atoms with Crippen molar-refractivity contribution in [2.75, 3.05) is 26.3 Å². The van der Waals surface area contributed by atoms with E-state index in [2.05, 4.69) is 0 Å². The lowest BCUT2D eigenvalue weighted by Gasteiger charge is -2.60. The van der Waals surface area contributed by atoms with Crippen LogP contribution in [0, 0.1) is 47.3 Å². The molecule has 0 radical (unpaired) electrons. The number of β-amino-alcohol motifs (C(OH)–C–C–N with tert-alkyl or cyclic N) is 2. The molecule has 2 saturated heterocycles. The molecule has 4 amide bonds. The molecule has 2 heterocycles. The summed E-state index contributed by atoms with van der Waals surface area (Å²) in [6.45, 7) is -0.545. The minimum atomic E-state index is -0.485. The summed E-state index contributed by atoms with van der Waals surface area (Å²) >= 11 is 0. The SMILES string of the molecule is O=C1[C@@H]2[C@H]3C=C[C@@H]([C@H]2C(=O)N1CCO)[C@H]1[C@H]2C(=O)N(CCO)C(=O)[C@@H]2[C@@H]31. The molecule has 6 aliphatic rings. The zero-order valence-electron chi connectivity index (χ0n) is 14.0. The summed E-state index contributed by atoms with van der Waals surface area (Å²) in [4.78, 5) is 53.2. The van der Waals surface area contributed by atoms with E-state index < -0.39 is 23.7 Å². The lowest BCUT2D eigenvalue weighted by Crippen LogP contribution is -2.63. The largest absolute Gasteiger partial charge is 0.395 e. The highest BCUT2D eigenvalue weighted by Gasteiger charge is 2.74. The first-order valence-electron chi connectivity index (χ1n) is 9.13. The molecule has 8 atom stereocenters. The van der Waals surface area contributed by atoms with Crippen LogP contribution in [0.15, 0.2) is 12.2 Å². The van der Waals surface area contributed by atoms with Gasteiger partial charge in [0, 0.05) is 0 Å². The highest BCUT2D eigenvalue weighted by atomic mass is 16.3. The van der Waals surface area contributed by atoms with Crippen LogP contribution in [0.4, 0.5) is 0 Å². The molecule has 0 aromatic heterocycles. The summed E-state index contributed by atoms with van der Waals surface area (Å²) in [6, 6.07) is 0. The third kappa shape index (κ3) is 1.63. The number of likely N-dealkylation sites (tertiary alicyclic amines) is 2. The molecule has 0 aromatic rings. The summed E-state index contributed by atoms with van der Waals surface area (Å²) in [5, 5.41) is 18.3. The van der Waals surface area contributed by atoms with Crippen molar-refractivity contribution in [3.63, 3.8) is 0 Å². The Morgan fingerprint density at radius 2 is 1.00 bits per heavy atom. The van der Waals surface area contributed by atoms with Gasteiger partial charge in [0.15, 0.2) is 0 Å². The van der Waals surface area contributed by atoms with Crippen molar-refractivity contribution in [1.29, 1.82) is 0 Å².